The highest BCUT2D eigenvalue weighted by molar-refractivity contribution is 5.84. The number of esters is 1. The van der Waals surface area contributed by atoms with Crippen molar-refractivity contribution in [2.75, 3.05) is 13.7 Å². The van der Waals surface area contributed by atoms with Crippen molar-refractivity contribution in [1.29, 1.82) is 0 Å². The van der Waals surface area contributed by atoms with Crippen LogP contribution in [0.5, 0.6) is 0 Å². The molecule has 5 nitrogen and oxygen atoms in total. The number of allylic oxidation sites excluding steroid dienone is 4. The molecular weight excluding hydrogens is 356 g/mol. The van der Waals surface area contributed by atoms with Crippen molar-refractivity contribution in [2.24, 2.45) is 17.8 Å². The molecule has 0 aliphatic heterocycles. The van der Waals surface area contributed by atoms with Gasteiger partial charge in [0, 0.05) is 18.9 Å². The predicted octanol–water partition coefficient (Wildman–Crippen LogP) is 3.98. The van der Waals surface area contributed by atoms with Crippen LogP contribution >= 0.6 is 0 Å². The summed E-state index contributed by atoms with van der Waals surface area (Å²) in [6.07, 6.45) is 15.9. The van der Waals surface area contributed by atoms with Crippen LogP contribution in [0, 0.1) is 17.8 Å². The molecule has 1 unspecified atom stereocenters. The average Bonchev–Trinajstić information content (AvgIpc) is 2.98. The first-order chi connectivity index (χ1) is 13.4. The van der Waals surface area contributed by atoms with Crippen LogP contribution in [-0.2, 0) is 14.3 Å². The highest BCUT2D eigenvalue weighted by Crippen LogP contribution is 2.37. The summed E-state index contributed by atoms with van der Waals surface area (Å²) in [7, 11) is 1.26. The predicted molar refractivity (Wildman–Crippen MR) is 111 cm³/mol. The van der Waals surface area contributed by atoms with E-state index in [1.54, 1.807) is 0 Å². The average molecular weight is 395 g/mol. The fourth-order valence-corrected chi connectivity index (χ4v) is 3.84. The summed E-state index contributed by atoms with van der Waals surface area (Å²) in [5.41, 5.74) is -1.49. The standard InChI is InChI=1S/C23H38O5/c1-4-5-6-7-8-10-13-19-18(17-24)16-21(25)20(19)14-11-9-12-15-23(2,27)22(26)28-3/h9-11,13,18-20,24,27H,4-8,12,14-17H2,1-3H3/b11-9-,13-10+/t18-,19-,20+,23?/m0/s1. The van der Waals surface area contributed by atoms with Gasteiger partial charge in [0.1, 0.15) is 5.78 Å². The lowest BCUT2D eigenvalue weighted by Gasteiger charge is -2.19. The SMILES string of the molecule is CCCCCC/C=C/[C@H]1[C@H](CO)CC(=O)[C@@H]1C/C=C\CCC(C)(O)C(=O)OC. The molecule has 0 amide bonds. The van der Waals surface area contributed by atoms with Crippen LogP contribution in [-0.4, -0.2) is 41.3 Å². The molecule has 0 heterocycles. The van der Waals surface area contributed by atoms with Gasteiger partial charge in [-0.2, -0.15) is 0 Å². The molecule has 4 atom stereocenters. The summed E-state index contributed by atoms with van der Waals surface area (Å²) in [6, 6.07) is 0. The van der Waals surface area contributed by atoms with Gasteiger partial charge in [-0.3, -0.25) is 4.79 Å². The summed E-state index contributed by atoms with van der Waals surface area (Å²) < 4.78 is 4.58. The number of aliphatic hydroxyl groups excluding tert-OH is 1. The Hall–Kier alpha value is -1.46. The smallest absolute Gasteiger partial charge is 0.337 e. The maximum Gasteiger partial charge on any atom is 0.337 e. The van der Waals surface area contributed by atoms with E-state index in [1.807, 2.05) is 12.2 Å². The molecule has 5 heteroatoms. The van der Waals surface area contributed by atoms with Crippen LogP contribution in [0.15, 0.2) is 24.3 Å². The fourth-order valence-electron chi connectivity index (χ4n) is 3.84. The third-order valence-electron chi connectivity index (χ3n) is 5.68. The Bertz CT molecular complexity index is 535. The van der Waals surface area contributed by atoms with E-state index in [0.29, 0.717) is 19.3 Å². The molecule has 1 fully saturated rings. The summed E-state index contributed by atoms with van der Waals surface area (Å²) in [4.78, 5) is 23.9. The molecule has 1 aliphatic rings. The molecule has 0 spiro atoms. The van der Waals surface area contributed by atoms with Gasteiger partial charge in [0.2, 0.25) is 0 Å². The number of carbonyl (C=O) groups excluding carboxylic acids is 2. The molecule has 1 saturated carbocycles. The number of methoxy groups -OCH3 is 1. The van der Waals surface area contributed by atoms with Gasteiger partial charge in [-0.1, -0.05) is 50.5 Å². The quantitative estimate of drug-likeness (QED) is 0.280. The van der Waals surface area contributed by atoms with Crippen LogP contribution in [0.1, 0.15) is 71.6 Å². The van der Waals surface area contributed by atoms with E-state index < -0.39 is 11.6 Å². The number of aliphatic hydroxyl groups is 2. The lowest BCUT2D eigenvalue weighted by Crippen LogP contribution is -2.35. The number of Topliss-reactive ketones (excluding diaryl/α,β-unsaturated/α-hetero) is 1. The van der Waals surface area contributed by atoms with E-state index in [1.165, 1.54) is 39.7 Å². The first kappa shape index (κ1) is 24.6. The minimum Gasteiger partial charge on any atom is -0.467 e. The van der Waals surface area contributed by atoms with Crippen molar-refractivity contribution >= 4 is 11.8 Å². The molecule has 2 N–H and O–H groups in total. The molecule has 1 aliphatic carbocycles. The molecule has 1 rings (SSSR count). The zero-order chi connectivity index (χ0) is 21.0. The molecule has 0 saturated heterocycles. The largest absolute Gasteiger partial charge is 0.467 e. The van der Waals surface area contributed by atoms with Crippen molar-refractivity contribution < 1.29 is 24.5 Å². The summed E-state index contributed by atoms with van der Waals surface area (Å²) >= 11 is 0. The second kappa shape index (κ2) is 12.9. The summed E-state index contributed by atoms with van der Waals surface area (Å²) in [6.45, 7) is 3.68. The normalized spacial score (nSPS) is 24.9. The number of hydrogen-bond donors (Lipinski definition) is 2. The minimum absolute atomic E-state index is 0.0119. The molecule has 0 radical (unpaired) electrons. The molecule has 0 aromatic carbocycles. The minimum atomic E-state index is -1.49. The van der Waals surface area contributed by atoms with Crippen molar-refractivity contribution in [3.8, 4) is 0 Å². The van der Waals surface area contributed by atoms with Gasteiger partial charge in [-0.05, 0) is 50.9 Å². The molecule has 28 heavy (non-hydrogen) atoms. The van der Waals surface area contributed by atoms with E-state index in [9.17, 15) is 19.8 Å². The fraction of sp³-hybridized carbons (Fsp3) is 0.739. The van der Waals surface area contributed by atoms with E-state index >= 15 is 0 Å². The Morgan fingerprint density at radius 2 is 1.96 bits per heavy atom. The third kappa shape index (κ3) is 7.88. The van der Waals surface area contributed by atoms with E-state index in [0.717, 1.165) is 6.42 Å². The van der Waals surface area contributed by atoms with Crippen LogP contribution < -0.4 is 0 Å². The van der Waals surface area contributed by atoms with Gasteiger partial charge < -0.3 is 14.9 Å². The Morgan fingerprint density at radius 3 is 2.61 bits per heavy atom. The Kier molecular flexibility index (Phi) is 11.3. The lowest BCUT2D eigenvalue weighted by molar-refractivity contribution is -0.160. The van der Waals surface area contributed by atoms with Gasteiger partial charge in [0.15, 0.2) is 5.60 Å². The Morgan fingerprint density at radius 1 is 1.21 bits per heavy atom. The van der Waals surface area contributed by atoms with Crippen molar-refractivity contribution in [1.82, 2.24) is 0 Å². The number of rotatable bonds is 13. The van der Waals surface area contributed by atoms with Gasteiger partial charge in [0.05, 0.1) is 7.11 Å². The van der Waals surface area contributed by atoms with Crippen LogP contribution in [0.2, 0.25) is 0 Å². The van der Waals surface area contributed by atoms with E-state index in [-0.39, 0.29) is 36.6 Å². The molecule has 0 aromatic heterocycles. The molecule has 0 aromatic rings. The van der Waals surface area contributed by atoms with Gasteiger partial charge in [0.25, 0.3) is 0 Å². The zero-order valence-corrected chi connectivity index (χ0v) is 17.7. The number of ether oxygens (including phenoxy) is 1. The lowest BCUT2D eigenvalue weighted by atomic mass is 9.86. The summed E-state index contributed by atoms with van der Waals surface area (Å²) in [5, 5.41) is 19.7. The first-order valence-corrected chi connectivity index (χ1v) is 10.6. The zero-order valence-electron chi connectivity index (χ0n) is 17.7. The molecular formula is C23H38O5. The van der Waals surface area contributed by atoms with Crippen molar-refractivity contribution in [3.63, 3.8) is 0 Å². The van der Waals surface area contributed by atoms with Crippen LogP contribution in [0.25, 0.3) is 0 Å². The van der Waals surface area contributed by atoms with Crippen molar-refractivity contribution in [3.05, 3.63) is 24.3 Å². The van der Waals surface area contributed by atoms with Crippen LogP contribution in [0.4, 0.5) is 0 Å². The highest BCUT2D eigenvalue weighted by Gasteiger charge is 2.39. The Labute approximate surface area is 169 Å². The second-order valence-electron chi connectivity index (χ2n) is 8.09. The number of carbonyl (C=O) groups is 2. The van der Waals surface area contributed by atoms with E-state index in [2.05, 4.69) is 23.8 Å². The number of ketones is 1. The maximum atomic E-state index is 12.4. The van der Waals surface area contributed by atoms with Crippen molar-refractivity contribution in [2.45, 2.75) is 77.2 Å². The first-order valence-electron chi connectivity index (χ1n) is 10.6. The van der Waals surface area contributed by atoms with E-state index in [4.69, 9.17) is 0 Å². The molecule has 0 bridgehead atoms. The highest BCUT2D eigenvalue weighted by atomic mass is 16.5. The topological polar surface area (TPSA) is 83.8 Å². The van der Waals surface area contributed by atoms with Gasteiger partial charge in [-0.25, -0.2) is 4.79 Å². The molecule has 160 valence electrons. The summed E-state index contributed by atoms with van der Waals surface area (Å²) in [5.74, 6) is -0.418. The third-order valence-corrected chi connectivity index (χ3v) is 5.68. The van der Waals surface area contributed by atoms with Gasteiger partial charge in [-0.15, -0.1) is 0 Å². The monoisotopic (exact) mass is 394 g/mol. The van der Waals surface area contributed by atoms with Gasteiger partial charge >= 0.3 is 5.97 Å². The van der Waals surface area contributed by atoms with Crippen LogP contribution in [0.3, 0.4) is 0 Å². The maximum absolute atomic E-state index is 12.4. The second-order valence-corrected chi connectivity index (χ2v) is 8.09. The number of unbranched alkanes of at least 4 members (excludes halogenated alkanes) is 4. The number of hydrogen-bond acceptors (Lipinski definition) is 5. The Balaban J connectivity index is 2.54.